The van der Waals surface area contributed by atoms with Crippen molar-refractivity contribution >= 4 is 33.8 Å². The Hall–Kier alpha value is -1.35. The van der Waals surface area contributed by atoms with E-state index in [1.165, 1.54) is 61.2 Å². The SMILES string of the molecule is CCC[CH2][Sn]([CH2]CCC)([CH2]CCC)[c]1nc2cc(C)ncn2c1CC1CN(C(=O)OC(C)(C)C)CCO1. The summed E-state index contributed by atoms with van der Waals surface area (Å²) in [4.78, 5) is 24.7. The number of imidazole rings is 1. The third-order valence-corrected chi connectivity index (χ3v) is 22.7. The number of carbonyl (C=O) groups is 1. The van der Waals surface area contributed by atoms with Gasteiger partial charge in [-0.2, -0.15) is 0 Å². The zero-order chi connectivity index (χ0) is 27.1. The van der Waals surface area contributed by atoms with Gasteiger partial charge in [-0.3, -0.25) is 0 Å². The molecule has 1 aliphatic heterocycles. The Bertz CT molecular complexity index is 995. The summed E-state index contributed by atoms with van der Waals surface area (Å²) in [6.07, 6.45) is 9.96. The van der Waals surface area contributed by atoms with Gasteiger partial charge in [0.1, 0.15) is 0 Å². The number of nitrogens with zero attached hydrogens (tertiary/aromatic N) is 4. The van der Waals surface area contributed by atoms with Crippen LogP contribution in [-0.4, -0.2) is 75.1 Å². The van der Waals surface area contributed by atoms with Gasteiger partial charge < -0.3 is 0 Å². The first-order valence-electron chi connectivity index (χ1n) is 14.6. The van der Waals surface area contributed by atoms with Crippen molar-refractivity contribution in [1.29, 1.82) is 0 Å². The van der Waals surface area contributed by atoms with Gasteiger partial charge in [0.25, 0.3) is 0 Å². The molecular formula is C29H50N4O3Sn. The molecule has 3 heterocycles. The van der Waals surface area contributed by atoms with Crippen LogP contribution in [0.4, 0.5) is 4.79 Å². The van der Waals surface area contributed by atoms with E-state index in [0.29, 0.717) is 19.7 Å². The molecule has 0 aromatic carbocycles. The standard InChI is InChI=1S/C17H23N4O3.3C4H9.Sn/c1-12-7-15-18-9-13(21(15)11-19-12)8-14-10-20(5-6-23-14)16(22)24-17(2,3)4;3*1-3-4-2;/h7,11,14H,5-6,8,10H2,1-4H3;3*1,3-4H2,2H3;. The van der Waals surface area contributed by atoms with Crippen molar-refractivity contribution in [1.82, 2.24) is 19.3 Å². The number of unbranched alkanes of at least 4 members (excludes halogenated alkanes) is 3. The fourth-order valence-corrected chi connectivity index (χ4v) is 21.9. The van der Waals surface area contributed by atoms with Crippen LogP contribution in [0.1, 0.15) is 91.5 Å². The molecule has 1 fully saturated rings. The van der Waals surface area contributed by atoms with Crippen molar-refractivity contribution in [2.75, 3.05) is 19.7 Å². The van der Waals surface area contributed by atoms with Crippen molar-refractivity contribution < 1.29 is 14.3 Å². The first-order valence-corrected chi connectivity index (χ1v) is 22.0. The fourth-order valence-electron chi connectivity index (χ4n) is 5.54. The van der Waals surface area contributed by atoms with E-state index in [2.05, 4.69) is 36.2 Å². The van der Waals surface area contributed by atoms with Crippen molar-refractivity contribution in [3.05, 3.63) is 23.8 Å². The molecule has 2 aromatic rings. The Morgan fingerprint density at radius 3 is 2.30 bits per heavy atom. The van der Waals surface area contributed by atoms with Gasteiger partial charge in [0.05, 0.1) is 0 Å². The fraction of sp³-hybridized carbons (Fsp3) is 0.759. The number of carbonyl (C=O) groups excluding carboxylic acids is 1. The van der Waals surface area contributed by atoms with Crippen LogP contribution in [-0.2, 0) is 15.9 Å². The number of fused-ring (bicyclic) bond motifs is 1. The molecule has 0 bridgehead atoms. The molecule has 37 heavy (non-hydrogen) atoms. The molecule has 1 aliphatic rings. The number of hydrogen-bond acceptors (Lipinski definition) is 5. The molecule has 0 spiro atoms. The maximum absolute atomic E-state index is 12.8. The van der Waals surface area contributed by atoms with Crippen LogP contribution in [0.25, 0.3) is 5.65 Å². The first kappa shape index (κ1) is 30.2. The molecule has 208 valence electrons. The van der Waals surface area contributed by atoms with Gasteiger partial charge >= 0.3 is 229 Å². The van der Waals surface area contributed by atoms with Crippen molar-refractivity contribution in [2.45, 2.75) is 118 Å². The average molecular weight is 621 g/mol. The van der Waals surface area contributed by atoms with Crippen molar-refractivity contribution in [2.24, 2.45) is 0 Å². The van der Waals surface area contributed by atoms with E-state index in [-0.39, 0.29) is 12.2 Å². The van der Waals surface area contributed by atoms with Gasteiger partial charge in [0, 0.05) is 0 Å². The molecule has 0 radical (unpaired) electrons. The van der Waals surface area contributed by atoms with E-state index < -0.39 is 24.0 Å². The number of aryl methyl sites for hydroxylation is 1. The molecule has 3 rings (SSSR count). The molecule has 1 amide bonds. The monoisotopic (exact) mass is 622 g/mol. The molecule has 0 aliphatic carbocycles. The van der Waals surface area contributed by atoms with Crippen LogP contribution >= 0.6 is 0 Å². The van der Waals surface area contributed by atoms with Gasteiger partial charge in [-0.15, -0.1) is 0 Å². The Morgan fingerprint density at radius 1 is 1.11 bits per heavy atom. The summed E-state index contributed by atoms with van der Waals surface area (Å²) in [6.45, 7) is 16.4. The second-order valence-electron chi connectivity index (χ2n) is 11.9. The molecule has 7 nitrogen and oxygen atoms in total. The second kappa shape index (κ2) is 13.6. The molecule has 1 saturated heterocycles. The van der Waals surface area contributed by atoms with Gasteiger partial charge in [-0.1, -0.05) is 0 Å². The molecule has 0 saturated carbocycles. The molecular weight excluding hydrogens is 571 g/mol. The molecule has 8 heteroatoms. The van der Waals surface area contributed by atoms with Crippen molar-refractivity contribution in [3.8, 4) is 0 Å². The van der Waals surface area contributed by atoms with E-state index in [0.717, 1.165) is 17.8 Å². The van der Waals surface area contributed by atoms with E-state index in [1.807, 2.05) is 38.9 Å². The summed E-state index contributed by atoms with van der Waals surface area (Å²) < 4.78 is 19.7. The van der Waals surface area contributed by atoms with Crippen molar-refractivity contribution in [3.63, 3.8) is 0 Å². The Labute approximate surface area is 228 Å². The van der Waals surface area contributed by atoms with Crippen LogP contribution in [0.15, 0.2) is 12.4 Å². The zero-order valence-corrected chi connectivity index (χ0v) is 27.3. The summed E-state index contributed by atoms with van der Waals surface area (Å²) >= 11 is -2.83. The van der Waals surface area contributed by atoms with Crippen LogP contribution in [0.5, 0.6) is 0 Å². The van der Waals surface area contributed by atoms with Gasteiger partial charge in [0.15, 0.2) is 0 Å². The third-order valence-electron chi connectivity index (χ3n) is 7.49. The minimum atomic E-state index is -2.83. The number of ether oxygens (including phenoxy) is 2. The minimum absolute atomic E-state index is 0.0752. The van der Waals surface area contributed by atoms with Crippen LogP contribution < -0.4 is 3.71 Å². The van der Waals surface area contributed by atoms with E-state index in [4.69, 9.17) is 14.5 Å². The number of rotatable bonds is 12. The molecule has 1 unspecified atom stereocenters. The summed E-state index contributed by atoms with van der Waals surface area (Å²) in [5, 5.41) is 0. The summed E-state index contributed by atoms with van der Waals surface area (Å²) in [6, 6.07) is 2.12. The molecule has 1 atom stereocenters. The van der Waals surface area contributed by atoms with Crippen LogP contribution in [0.2, 0.25) is 13.3 Å². The number of hydrogen-bond donors (Lipinski definition) is 0. The number of morpholine rings is 1. The van der Waals surface area contributed by atoms with Crippen LogP contribution in [0, 0.1) is 6.92 Å². The topological polar surface area (TPSA) is 69.0 Å². The second-order valence-corrected chi connectivity index (χ2v) is 24.8. The summed E-state index contributed by atoms with van der Waals surface area (Å²) in [7, 11) is 0. The Kier molecular flexibility index (Phi) is 11.1. The number of aromatic nitrogens is 3. The van der Waals surface area contributed by atoms with Gasteiger partial charge in [0.2, 0.25) is 0 Å². The average Bonchev–Trinajstić information content (AvgIpc) is 3.20. The molecule has 0 N–H and O–H groups in total. The van der Waals surface area contributed by atoms with Crippen LogP contribution in [0.3, 0.4) is 0 Å². The van der Waals surface area contributed by atoms with Gasteiger partial charge in [-0.05, 0) is 0 Å². The normalized spacial score (nSPS) is 16.9. The van der Waals surface area contributed by atoms with E-state index in [9.17, 15) is 4.79 Å². The maximum atomic E-state index is 12.8. The Balaban J connectivity index is 2.01. The molecule has 2 aromatic heterocycles. The summed E-state index contributed by atoms with van der Waals surface area (Å²) in [5.74, 6) is 0. The zero-order valence-electron chi connectivity index (χ0n) is 24.4. The quantitative estimate of drug-likeness (QED) is 0.262. The third kappa shape index (κ3) is 8.07. The summed E-state index contributed by atoms with van der Waals surface area (Å²) in [5.41, 5.74) is 2.80. The first-order chi connectivity index (χ1) is 17.6. The Morgan fingerprint density at radius 2 is 1.73 bits per heavy atom. The van der Waals surface area contributed by atoms with Gasteiger partial charge in [-0.25, -0.2) is 0 Å². The predicted octanol–water partition coefficient (Wildman–Crippen LogP) is 6.27. The number of amides is 1. The predicted molar refractivity (Wildman–Crippen MR) is 154 cm³/mol. The van der Waals surface area contributed by atoms with E-state index >= 15 is 0 Å². The van der Waals surface area contributed by atoms with E-state index in [1.54, 1.807) is 0 Å².